The SMILES string of the molecule is O=C(NCC(O)C(F)F)c1ncc(Cl)c(Cl)c1Cl. The third kappa shape index (κ3) is 3.65. The molecule has 1 aromatic rings. The van der Waals surface area contributed by atoms with Gasteiger partial charge in [-0.15, -0.1) is 0 Å². The van der Waals surface area contributed by atoms with Gasteiger partial charge in [-0.3, -0.25) is 4.79 Å². The summed E-state index contributed by atoms with van der Waals surface area (Å²) in [7, 11) is 0. The molecule has 100 valence electrons. The van der Waals surface area contributed by atoms with Crippen LogP contribution in [0, 0.1) is 0 Å². The number of carbonyl (C=O) groups is 1. The molecule has 0 aliphatic carbocycles. The number of aromatic nitrogens is 1. The molecule has 0 bridgehead atoms. The largest absolute Gasteiger partial charge is 0.385 e. The lowest BCUT2D eigenvalue weighted by atomic mass is 10.3. The number of pyridine rings is 1. The summed E-state index contributed by atoms with van der Waals surface area (Å²) in [6, 6.07) is 0. The molecule has 0 saturated heterocycles. The number of aliphatic hydroxyl groups excluding tert-OH is 1. The zero-order valence-corrected chi connectivity index (χ0v) is 10.9. The van der Waals surface area contributed by atoms with Crippen molar-refractivity contribution in [3.8, 4) is 0 Å². The van der Waals surface area contributed by atoms with Crippen LogP contribution in [0.4, 0.5) is 8.78 Å². The summed E-state index contributed by atoms with van der Waals surface area (Å²) >= 11 is 17.0. The van der Waals surface area contributed by atoms with Crippen LogP contribution in [0.5, 0.6) is 0 Å². The fourth-order valence-electron chi connectivity index (χ4n) is 0.972. The molecule has 18 heavy (non-hydrogen) atoms. The van der Waals surface area contributed by atoms with Gasteiger partial charge in [0.2, 0.25) is 0 Å². The van der Waals surface area contributed by atoms with Gasteiger partial charge in [-0.1, -0.05) is 34.8 Å². The predicted molar refractivity (Wildman–Crippen MR) is 63.6 cm³/mol. The highest BCUT2D eigenvalue weighted by Gasteiger charge is 2.21. The van der Waals surface area contributed by atoms with E-state index in [-0.39, 0.29) is 20.8 Å². The average Bonchev–Trinajstić information content (AvgIpc) is 2.32. The van der Waals surface area contributed by atoms with E-state index in [1.165, 1.54) is 0 Å². The maximum atomic E-state index is 12.0. The smallest absolute Gasteiger partial charge is 0.271 e. The van der Waals surface area contributed by atoms with E-state index in [2.05, 4.69) is 4.98 Å². The molecule has 0 aliphatic rings. The lowest BCUT2D eigenvalue weighted by Gasteiger charge is -2.11. The molecule has 0 spiro atoms. The Hall–Kier alpha value is -0.690. The number of hydrogen-bond acceptors (Lipinski definition) is 3. The molecule has 1 aromatic heterocycles. The summed E-state index contributed by atoms with van der Waals surface area (Å²) < 4.78 is 24.0. The van der Waals surface area contributed by atoms with Crippen LogP contribution in [-0.2, 0) is 0 Å². The second-order valence-electron chi connectivity index (χ2n) is 3.19. The molecule has 1 atom stereocenters. The molecule has 4 nitrogen and oxygen atoms in total. The Morgan fingerprint density at radius 1 is 1.39 bits per heavy atom. The van der Waals surface area contributed by atoms with Crippen molar-refractivity contribution >= 4 is 40.7 Å². The Balaban J connectivity index is 2.77. The van der Waals surface area contributed by atoms with E-state index in [1.54, 1.807) is 0 Å². The molecule has 0 aliphatic heterocycles. The summed E-state index contributed by atoms with van der Waals surface area (Å²) in [5.41, 5.74) is -0.257. The summed E-state index contributed by atoms with van der Waals surface area (Å²) in [5.74, 6) is -0.835. The lowest BCUT2D eigenvalue weighted by molar-refractivity contribution is -0.00272. The number of carbonyl (C=O) groups excluding carboxylic acids is 1. The first-order valence-corrected chi connectivity index (χ1v) is 5.72. The minimum absolute atomic E-state index is 0.0610. The molecular formula is C9H7Cl3F2N2O2. The average molecular weight is 320 g/mol. The third-order valence-corrected chi connectivity index (χ3v) is 3.14. The Labute approximate surface area is 116 Å². The van der Waals surface area contributed by atoms with Gasteiger partial charge in [0.05, 0.1) is 15.1 Å². The summed E-state index contributed by atoms with van der Waals surface area (Å²) in [4.78, 5) is 15.2. The maximum Gasteiger partial charge on any atom is 0.271 e. The number of nitrogens with zero attached hydrogens (tertiary/aromatic N) is 1. The first-order chi connectivity index (χ1) is 8.34. The van der Waals surface area contributed by atoms with Crippen LogP contribution in [0.15, 0.2) is 6.20 Å². The first kappa shape index (κ1) is 15.4. The molecule has 0 fully saturated rings. The van der Waals surface area contributed by atoms with Crippen molar-refractivity contribution < 1.29 is 18.7 Å². The van der Waals surface area contributed by atoms with Gasteiger partial charge in [0.15, 0.2) is 0 Å². The zero-order chi connectivity index (χ0) is 13.9. The highest BCUT2D eigenvalue weighted by molar-refractivity contribution is 6.48. The van der Waals surface area contributed by atoms with Crippen LogP contribution >= 0.6 is 34.8 Å². The molecule has 0 aromatic carbocycles. The number of nitrogens with one attached hydrogen (secondary N) is 1. The van der Waals surface area contributed by atoms with Crippen molar-refractivity contribution in [1.29, 1.82) is 0 Å². The number of rotatable bonds is 4. The highest BCUT2D eigenvalue weighted by atomic mass is 35.5. The molecule has 1 unspecified atom stereocenters. The second-order valence-corrected chi connectivity index (χ2v) is 4.36. The molecular weight excluding hydrogens is 312 g/mol. The Morgan fingerprint density at radius 3 is 2.56 bits per heavy atom. The Kier molecular flexibility index (Phi) is 5.52. The van der Waals surface area contributed by atoms with Gasteiger partial charge in [0.25, 0.3) is 12.3 Å². The fraction of sp³-hybridized carbons (Fsp3) is 0.333. The van der Waals surface area contributed by atoms with Gasteiger partial charge in [-0.05, 0) is 0 Å². The molecule has 1 heterocycles. The molecule has 0 saturated carbocycles. The molecule has 9 heteroatoms. The minimum atomic E-state index is -2.96. The van der Waals surface area contributed by atoms with Crippen molar-refractivity contribution in [1.82, 2.24) is 10.3 Å². The molecule has 1 amide bonds. The van der Waals surface area contributed by atoms with E-state index in [1.807, 2.05) is 5.32 Å². The summed E-state index contributed by atoms with van der Waals surface area (Å²) in [6.45, 7) is -0.630. The third-order valence-electron chi connectivity index (χ3n) is 1.89. The molecule has 2 N–H and O–H groups in total. The normalized spacial score (nSPS) is 12.6. The number of alkyl halides is 2. The summed E-state index contributed by atoms with van der Waals surface area (Å²) in [6.07, 6.45) is -3.81. The standard InChI is InChI=1S/C9H7Cl3F2N2O2/c10-3-1-15-7(6(12)5(3)11)9(18)16-2-4(17)8(13)14/h1,4,8,17H,2H2,(H,16,18). The zero-order valence-electron chi connectivity index (χ0n) is 8.63. The molecule has 0 radical (unpaired) electrons. The quantitative estimate of drug-likeness (QED) is 0.896. The van der Waals surface area contributed by atoms with Gasteiger partial charge in [0, 0.05) is 12.7 Å². The van der Waals surface area contributed by atoms with E-state index >= 15 is 0 Å². The minimum Gasteiger partial charge on any atom is -0.385 e. The van der Waals surface area contributed by atoms with Crippen molar-refractivity contribution in [2.75, 3.05) is 6.54 Å². The summed E-state index contributed by atoms with van der Waals surface area (Å²) in [5, 5.41) is 10.7. The van der Waals surface area contributed by atoms with E-state index < -0.39 is 25.0 Å². The second kappa shape index (κ2) is 6.47. The van der Waals surface area contributed by atoms with E-state index in [0.717, 1.165) is 6.20 Å². The van der Waals surface area contributed by atoms with Crippen LogP contribution in [0.25, 0.3) is 0 Å². The Bertz CT molecular complexity index is 460. The predicted octanol–water partition coefficient (Wildman–Crippen LogP) is 2.40. The number of amides is 1. The van der Waals surface area contributed by atoms with Gasteiger partial charge < -0.3 is 10.4 Å². The highest BCUT2D eigenvalue weighted by Crippen LogP contribution is 2.30. The van der Waals surface area contributed by atoms with E-state index in [9.17, 15) is 13.6 Å². The lowest BCUT2D eigenvalue weighted by Crippen LogP contribution is -2.36. The van der Waals surface area contributed by atoms with Crippen molar-refractivity contribution in [2.24, 2.45) is 0 Å². The Morgan fingerprint density at radius 2 is 2.00 bits per heavy atom. The van der Waals surface area contributed by atoms with Gasteiger partial charge in [0.1, 0.15) is 11.8 Å². The van der Waals surface area contributed by atoms with Gasteiger partial charge >= 0.3 is 0 Å². The number of hydrogen-bond donors (Lipinski definition) is 2. The maximum absolute atomic E-state index is 12.0. The van der Waals surface area contributed by atoms with Crippen molar-refractivity contribution in [3.63, 3.8) is 0 Å². The van der Waals surface area contributed by atoms with E-state index in [0.29, 0.717) is 0 Å². The van der Waals surface area contributed by atoms with Crippen LogP contribution in [0.2, 0.25) is 15.1 Å². The molecule has 1 rings (SSSR count). The van der Waals surface area contributed by atoms with Crippen LogP contribution in [0.1, 0.15) is 10.5 Å². The van der Waals surface area contributed by atoms with Crippen LogP contribution < -0.4 is 5.32 Å². The number of aliphatic hydroxyl groups is 1. The first-order valence-electron chi connectivity index (χ1n) is 4.58. The van der Waals surface area contributed by atoms with Crippen LogP contribution in [0.3, 0.4) is 0 Å². The van der Waals surface area contributed by atoms with Gasteiger partial charge in [-0.2, -0.15) is 0 Å². The monoisotopic (exact) mass is 318 g/mol. The van der Waals surface area contributed by atoms with Gasteiger partial charge in [-0.25, -0.2) is 13.8 Å². The topological polar surface area (TPSA) is 62.2 Å². The van der Waals surface area contributed by atoms with Crippen molar-refractivity contribution in [2.45, 2.75) is 12.5 Å². The number of halogens is 5. The fourth-order valence-corrected chi connectivity index (χ4v) is 1.54. The van der Waals surface area contributed by atoms with Crippen LogP contribution in [-0.4, -0.2) is 35.1 Å². The van der Waals surface area contributed by atoms with E-state index in [4.69, 9.17) is 39.9 Å². The van der Waals surface area contributed by atoms with Crippen molar-refractivity contribution in [3.05, 3.63) is 27.0 Å².